The fourth-order valence-corrected chi connectivity index (χ4v) is 1.39. The first-order valence-electron chi connectivity index (χ1n) is 5.04. The Labute approximate surface area is 102 Å². The van der Waals surface area contributed by atoms with Crippen LogP contribution in [0.1, 0.15) is 27.2 Å². The summed E-state index contributed by atoms with van der Waals surface area (Å²) >= 11 is 2.45. The van der Waals surface area contributed by atoms with Gasteiger partial charge in [0.15, 0.2) is 0 Å². The lowest BCUT2D eigenvalue weighted by Crippen LogP contribution is -2.24. The van der Waals surface area contributed by atoms with Crippen molar-refractivity contribution in [3.8, 4) is 0 Å². The van der Waals surface area contributed by atoms with Crippen LogP contribution in [0.2, 0.25) is 0 Å². The molecule has 0 aromatic carbocycles. The van der Waals surface area contributed by atoms with E-state index < -0.39 is 0 Å². The van der Waals surface area contributed by atoms with Crippen LogP contribution in [0.5, 0.6) is 0 Å². The first kappa shape index (κ1) is 13.9. The van der Waals surface area contributed by atoms with Gasteiger partial charge in [0.25, 0.3) is 0 Å². The molecule has 0 amide bonds. The Morgan fingerprint density at radius 2 is 2.14 bits per heavy atom. The van der Waals surface area contributed by atoms with Crippen molar-refractivity contribution in [2.24, 2.45) is 4.99 Å². The summed E-state index contributed by atoms with van der Waals surface area (Å²) in [5.74, 6) is 0. The lowest BCUT2D eigenvalue weighted by molar-refractivity contribution is 0.430. The molecule has 1 atom stereocenters. The number of rotatable bonds is 6. The standard InChI is InChI=1S/C11H21IN2/c1-6-13-10(3)11(4)14(5)8-7-9(2)12/h9H,4,6-8H2,1-3,5H3/b13-10-. The molecule has 82 valence electrons. The van der Waals surface area contributed by atoms with E-state index in [9.17, 15) is 0 Å². The highest BCUT2D eigenvalue weighted by Crippen LogP contribution is 2.08. The molecule has 0 saturated carbocycles. The van der Waals surface area contributed by atoms with Gasteiger partial charge < -0.3 is 4.90 Å². The number of hydrogen-bond donors (Lipinski definition) is 0. The fraction of sp³-hybridized carbons (Fsp3) is 0.727. The number of allylic oxidation sites excluding steroid dienone is 1. The van der Waals surface area contributed by atoms with E-state index in [1.165, 1.54) is 6.42 Å². The summed E-state index contributed by atoms with van der Waals surface area (Å²) in [7, 11) is 2.08. The van der Waals surface area contributed by atoms with Gasteiger partial charge >= 0.3 is 0 Å². The Kier molecular flexibility index (Phi) is 7.23. The Morgan fingerprint density at radius 3 is 2.57 bits per heavy atom. The SMILES string of the molecule is C=C(/C(C)=N\CC)N(C)CCC(C)I. The molecule has 0 heterocycles. The minimum absolute atomic E-state index is 0.714. The van der Waals surface area contributed by atoms with Crippen LogP contribution in [0.3, 0.4) is 0 Å². The Bertz CT molecular complexity index is 209. The topological polar surface area (TPSA) is 15.6 Å². The second-order valence-corrected chi connectivity index (χ2v) is 5.62. The number of halogens is 1. The van der Waals surface area contributed by atoms with E-state index in [1.54, 1.807) is 0 Å². The minimum atomic E-state index is 0.714. The van der Waals surface area contributed by atoms with Gasteiger partial charge in [-0.2, -0.15) is 0 Å². The van der Waals surface area contributed by atoms with Gasteiger partial charge in [0.2, 0.25) is 0 Å². The molecule has 0 saturated heterocycles. The van der Waals surface area contributed by atoms with Crippen molar-refractivity contribution in [2.45, 2.75) is 31.1 Å². The van der Waals surface area contributed by atoms with Gasteiger partial charge in [0.1, 0.15) is 0 Å². The molecule has 0 aromatic rings. The summed E-state index contributed by atoms with van der Waals surface area (Å²) in [4.78, 5) is 6.53. The van der Waals surface area contributed by atoms with Crippen molar-refractivity contribution in [3.05, 3.63) is 12.3 Å². The van der Waals surface area contributed by atoms with Crippen molar-refractivity contribution in [1.29, 1.82) is 0 Å². The van der Waals surface area contributed by atoms with E-state index in [1.807, 2.05) is 13.8 Å². The predicted molar refractivity (Wildman–Crippen MR) is 73.5 cm³/mol. The van der Waals surface area contributed by atoms with Crippen LogP contribution < -0.4 is 0 Å². The Morgan fingerprint density at radius 1 is 1.57 bits per heavy atom. The number of hydrogen-bond acceptors (Lipinski definition) is 2. The molecule has 0 aromatic heterocycles. The van der Waals surface area contributed by atoms with E-state index in [0.717, 1.165) is 24.5 Å². The van der Waals surface area contributed by atoms with Gasteiger partial charge in [-0.15, -0.1) is 0 Å². The van der Waals surface area contributed by atoms with Crippen LogP contribution in [-0.4, -0.2) is 34.7 Å². The first-order chi connectivity index (χ1) is 6.49. The highest BCUT2D eigenvalue weighted by Gasteiger charge is 2.05. The maximum absolute atomic E-state index is 4.35. The summed E-state index contributed by atoms with van der Waals surface area (Å²) in [6.45, 7) is 12.2. The van der Waals surface area contributed by atoms with Gasteiger partial charge in [-0.05, 0) is 20.3 Å². The van der Waals surface area contributed by atoms with Gasteiger partial charge in [0, 0.05) is 24.1 Å². The molecule has 0 bridgehead atoms. The average molecular weight is 308 g/mol. The van der Waals surface area contributed by atoms with Crippen LogP contribution in [0.25, 0.3) is 0 Å². The quantitative estimate of drug-likeness (QED) is 0.418. The molecule has 0 aliphatic rings. The van der Waals surface area contributed by atoms with E-state index in [0.29, 0.717) is 3.92 Å². The molecule has 0 fully saturated rings. The fourth-order valence-electron chi connectivity index (χ4n) is 1.11. The Balaban J connectivity index is 4.05. The molecular formula is C11H21IN2. The predicted octanol–water partition coefficient (Wildman–Crippen LogP) is 3.13. The van der Waals surface area contributed by atoms with E-state index in [4.69, 9.17) is 0 Å². The molecule has 0 aliphatic carbocycles. The van der Waals surface area contributed by atoms with Crippen LogP contribution in [-0.2, 0) is 0 Å². The number of nitrogens with zero attached hydrogens (tertiary/aromatic N) is 2. The maximum atomic E-state index is 4.35. The van der Waals surface area contributed by atoms with Crippen LogP contribution in [0.4, 0.5) is 0 Å². The lowest BCUT2D eigenvalue weighted by Gasteiger charge is -2.22. The summed E-state index contributed by atoms with van der Waals surface area (Å²) in [6.07, 6.45) is 1.19. The lowest BCUT2D eigenvalue weighted by atomic mass is 10.2. The van der Waals surface area contributed by atoms with Crippen LogP contribution in [0, 0.1) is 0 Å². The molecule has 0 aliphatic heterocycles. The molecule has 14 heavy (non-hydrogen) atoms. The second kappa shape index (κ2) is 7.26. The van der Waals surface area contributed by atoms with Gasteiger partial charge in [-0.1, -0.05) is 36.1 Å². The average Bonchev–Trinajstić information content (AvgIpc) is 2.13. The third-order valence-corrected chi connectivity index (χ3v) is 2.76. The highest BCUT2D eigenvalue weighted by atomic mass is 127. The zero-order valence-electron chi connectivity index (χ0n) is 9.68. The van der Waals surface area contributed by atoms with Crippen molar-refractivity contribution < 1.29 is 0 Å². The van der Waals surface area contributed by atoms with Gasteiger partial charge in [0.05, 0.1) is 11.4 Å². The second-order valence-electron chi connectivity index (χ2n) is 3.50. The highest BCUT2D eigenvalue weighted by molar-refractivity contribution is 14.1. The van der Waals surface area contributed by atoms with E-state index in [-0.39, 0.29) is 0 Å². The first-order valence-corrected chi connectivity index (χ1v) is 6.29. The summed E-state index contributed by atoms with van der Waals surface area (Å²) in [6, 6.07) is 0. The Hall–Kier alpha value is -0.0600. The monoisotopic (exact) mass is 308 g/mol. The van der Waals surface area contributed by atoms with Crippen molar-refractivity contribution in [3.63, 3.8) is 0 Å². The van der Waals surface area contributed by atoms with Crippen LogP contribution in [0.15, 0.2) is 17.3 Å². The summed E-state index contributed by atoms with van der Waals surface area (Å²) in [5, 5.41) is 0. The molecule has 0 radical (unpaired) electrons. The summed E-state index contributed by atoms with van der Waals surface area (Å²) in [5.41, 5.74) is 2.10. The molecule has 0 spiro atoms. The van der Waals surface area contributed by atoms with Crippen molar-refractivity contribution in [1.82, 2.24) is 4.90 Å². The third-order valence-electron chi connectivity index (χ3n) is 2.14. The van der Waals surface area contributed by atoms with E-state index >= 15 is 0 Å². The van der Waals surface area contributed by atoms with Gasteiger partial charge in [-0.25, -0.2) is 0 Å². The maximum Gasteiger partial charge on any atom is 0.0544 e. The van der Waals surface area contributed by atoms with Gasteiger partial charge in [-0.3, -0.25) is 4.99 Å². The minimum Gasteiger partial charge on any atom is -0.374 e. The zero-order chi connectivity index (χ0) is 11.1. The smallest absolute Gasteiger partial charge is 0.0544 e. The molecule has 1 unspecified atom stereocenters. The molecule has 0 rings (SSSR count). The molecule has 0 N–H and O–H groups in total. The zero-order valence-corrected chi connectivity index (χ0v) is 11.8. The van der Waals surface area contributed by atoms with Crippen LogP contribution >= 0.6 is 22.6 Å². The summed E-state index contributed by atoms with van der Waals surface area (Å²) < 4.78 is 0.714. The molecule has 2 nitrogen and oxygen atoms in total. The normalized spacial score (nSPS) is 13.9. The number of alkyl halides is 1. The third kappa shape index (κ3) is 5.62. The van der Waals surface area contributed by atoms with Crippen molar-refractivity contribution >= 4 is 28.3 Å². The number of aliphatic imine (C=N–C) groups is 1. The largest absolute Gasteiger partial charge is 0.374 e. The molecular weight excluding hydrogens is 287 g/mol. The van der Waals surface area contributed by atoms with Crippen molar-refractivity contribution in [2.75, 3.05) is 20.1 Å². The molecule has 3 heteroatoms. The van der Waals surface area contributed by atoms with E-state index in [2.05, 4.69) is 53.0 Å².